The predicted molar refractivity (Wildman–Crippen MR) is 110 cm³/mol. The fourth-order valence-corrected chi connectivity index (χ4v) is 3.12. The number of fused-ring (bicyclic) bond motifs is 1. The molecule has 1 N–H and O–H groups in total. The number of aromatic nitrogens is 2. The number of carbonyl (C=O) groups excluding carboxylic acids is 1. The Morgan fingerprint density at radius 1 is 1.07 bits per heavy atom. The van der Waals surface area contributed by atoms with E-state index in [1.807, 2.05) is 48.5 Å². The number of furan rings is 1. The summed E-state index contributed by atoms with van der Waals surface area (Å²) in [5.41, 5.74) is 0.663. The summed E-state index contributed by atoms with van der Waals surface area (Å²) < 4.78 is 7.93. The standard InChI is InChI=1S/C21H16BrN3O3/c22-16-7-5-14(6-8-16)19-10-9-17(28-19)12-23-20(26)13-25-21(27)18-4-2-1-3-15(18)11-24-25/h1-11H,12-13H2,(H,23,26). The number of amides is 1. The van der Waals surface area contributed by atoms with Crippen LogP contribution in [-0.4, -0.2) is 15.7 Å². The largest absolute Gasteiger partial charge is 0.459 e. The molecule has 0 aliphatic heterocycles. The highest BCUT2D eigenvalue weighted by molar-refractivity contribution is 9.10. The van der Waals surface area contributed by atoms with E-state index in [1.165, 1.54) is 0 Å². The number of hydrogen-bond donors (Lipinski definition) is 1. The minimum Gasteiger partial charge on any atom is -0.459 e. The molecular weight excluding hydrogens is 422 g/mol. The summed E-state index contributed by atoms with van der Waals surface area (Å²) in [6.07, 6.45) is 1.58. The molecule has 0 radical (unpaired) electrons. The zero-order chi connectivity index (χ0) is 19.5. The maximum Gasteiger partial charge on any atom is 0.275 e. The van der Waals surface area contributed by atoms with Crippen LogP contribution in [0.1, 0.15) is 5.76 Å². The van der Waals surface area contributed by atoms with Gasteiger partial charge >= 0.3 is 0 Å². The van der Waals surface area contributed by atoms with Crippen molar-refractivity contribution in [3.05, 3.63) is 87.4 Å². The van der Waals surface area contributed by atoms with Crippen molar-refractivity contribution in [2.24, 2.45) is 0 Å². The topological polar surface area (TPSA) is 77.1 Å². The predicted octanol–water partition coefficient (Wildman–Crippen LogP) is 3.74. The van der Waals surface area contributed by atoms with Crippen LogP contribution >= 0.6 is 15.9 Å². The van der Waals surface area contributed by atoms with Gasteiger partial charge in [-0.1, -0.05) is 46.3 Å². The average molecular weight is 438 g/mol. The van der Waals surface area contributed by atoms with Crippen LogP contribution in [0, 0.1) is 0 Å². The monoisotopic (exact) mass is 437 g/mol. The number of benzene rings is 2. The van der Waals surface area contributed by atoms with Gasteiger partial charge < -0.3 is 9.73 Å². The van der Waals surface area contributed by atoms with Gasteiger partial charge in [0.2, 0.25) is 5.91 Å². The Labute approximate surface area is 168 Å². The van der Waals surface area contributed by atoms with Crippen LogP contribution in [0.5, 0.6) is 0 Å². The summed E-state index contributed by atoms with van der Waals surface area (Å²) in [5, 5.41) is 8.11. The van der Waals surface area contributed by atoms with Crippen LogP contribution in [0.25, 0.3) is 22.1 Å². The Balaban J connectivity index is 1.41. The molecule has 28 heavy (non-hydrogen) atoms. The van der Waals surface area contributed by atoms with Gasteiger partial charge in [-0.2, -0.15) is 5.10 Å². The number of nitrogens with zero attached hydrogens (tertiary/aromatic N) is 2. The average Bonchev–Trinajstić information content (AvgIpc) is 3.18. The molecule has 0 fully saturated rings. The molecule has 4 aromatic rings. The zero-order valence-corrected chi connectivity index (χ0v) is 16.3. The van der Waals surface area contributed by atoms with Gasteiger partial charge in [-0.25, -0.2) is 4.68 Å². The molecule has 0 saturated heterocycles. The van der Waals surface area contributed by atoms with Crippen LogP contribution in [0.3, 0.4) is 0 Å². The first kappa shape index (κ1) is 18.2. The molecule has 2 aromatic heterocycles. The van der Waals surface area contributed by atoms with E-state index in [2.05, 4.69) is 26.3 Å². The molecule has 0 bridgehead atoms. The Bertz CT molecular complexity index is 1200. The molecule has 0 saturated carbocycles. The summed E-state index contributed by atoms with van der Waals surface area (Å²) in [7, 11) is 0. The van der Waals surface area contributed by atoms with Crippen LogP contribution in [0.15, 0.2) is 80.5 Å². The van der Waals surface area contributed by atoms with Gasteiger partial charge in [0.15, 0.2) is 0 Å². The van der Waals surface area contributed by atoms with Gasteiger partial charge in [0, 0.05) is 15.4 Å². The number of halogens is 1. The van der Waals surface area contributed by atoms with Crippen molar-refractivity contribution in [3.8, 4) is 11.3 Å². The lowest BCUT2D eigenvalue weighted by Gasteiger charge is -2.06. The lowest BCUT2D eigenvalue weighted by atomic mass is 10.2. The van der Waals surface area contributed by atoms with E-state index in [0.717, 1.165) is 25.9 Å². The van der Waals surface area contributed by atoms with E-state index in [0.29, 0.717) is 11.1 Å². The minimum atomic E-state index is -0.313. The van der Waals surface area contributed by atoms with Gasteiger partial charge in [0.05, 0.1) is 18.1 Å². The third-order valence-corrected chi connectivity index (χ3v) is 4.83. The van der Waals surface area contributed by atoms with Crippen molar-refractivity contribution in [2.75, 3.05) is 0 Å². The fraction of sp³-hybridized carbons (Fsp3) is 0.0952. The Morgan fingerprint density at radius 3 is 2.68 bits per heavy atom. The first-order valence-corrected chi connectivity index (χ1v) is 9.46. The fourth-order valence-electron chi connectivity index (χ4n) is 2.86. The van der Waals surface area contributed by atoms with Gasteiger partial charge in [0.1, 0.15) is 18.1 Å². The second kappa shape index (κ2) is 7.82. The third-order valence-electron chi connectivity index (χ3n) is 4.31. The number of carbonyl (C=O) groups is 1. The van der Waals surface area contributed by atoms with Crippen LogP contribution in [0.4, 0.5) is 0 Å². The molecule has 2 heterocycles. The van der Waals surface area contributed by atoms with Crippen LogP contribution < -0.4 is 10.9 Å². The van der Waals surface area contributed by atoms with Crippen LogP contribution in [-0.2, 0) is 17.9 Å². The van der Waals surface area contributed by atoms with Crippen LogP contribution in [0.2, 0.25) is 0 Å². The molecular formula is C21H16BrN3O3. The number of nitrogens with one attached hydrogen (secondary N) is 1. The van der Waals surface area contributed by atoms with Crippen molar-refractivity contribution in [2.45, 2.75) is 13.1 Å². The molecule has 4 rings (SSSR count). The van der Waals surface area contributed by atoms with Gasteiger partial charge in [-0.05, 0) is 30.3 Å². The second-order valence-electron chi connectivity index (χ2n) is 6.24. The first-order valence-electron chi connectivity index (χ1n) is 8.66. The van der Waals surface area contributed by atoms with Gasteiger partial charge in [-0.15, -0.1) is 0 Å². The summed E-state index contributed by atoms with van der Waals surface area (Å²) >= 11 is 3.40. The molecule has 1 amide bonds. The summed E-state index contributed by atoms with van der Waals surface area (Å²) in [5.74, 6) is 1.04. The number of hydrogen-bond acceptors (Lipinski definition) is 4. The zero-order valence-electron chi connectivity index (χ0n) is 14.8. The van der Waals surface area contributed by atoms with Gasteiger partial charge in [0.25, 0.3) is 5.56 Å². The van der Waals surface area contributed by atoms with E-state index < -0.39 is 0 Å². The van der Waals surface area contributed by atoms with Crippen molar-refractivity contribution in [3.63, 3.8) is 0 Å². The molecule has 2 aromatic carbocycles. The Kier molecular flexibility index (Phi) is 5.08. The molecule has 140 valence electrons. The second-order valence-corrected chi connectivity index (χ2v) is 7.16. The molecule has 0 unspecified atom stereocenters. The van der Waals surface area contributed by atoms with E-state index in [-0.39, 0.29) is 24.6 Å². The molecule has 0 atom stereocenters. The lowest BCUT2D eigenvalue weighted by molar-refractivity contribution is -0.122. The molecule has 0 aliphatic rings. The highest BCUT2D eigenvalue weighted by Gasteiger charge is 2.10. The summed E-state index contributed by atoms with van der Waals surface area (Å²) in [6, 6.07) is 18.6. The maximum atomic E-state index is 12.4. The minimum absolute atomic E-state index is 0.149. The quantitative estimate of drug-likeness (QED) is 0.515. The van der Waals surface area contributed by atoms with E-state index in [4.69, 9.17) is 4.42 Å². The SMILES string of the molecule is O=C(Cn1ncc2ccccc2c1=O)NCc1ccc(-c2ccc(Br)cc2)o1. The van der Waals surface area contributed by atoms with Crippen molar-refractivity contribution in [1.29, 1.82) is 0 Å². The van der Waals surface area contributed by atoms with E-state index in [9.17, 15) is 9.59 Å². The smallest absolute Gasteiger partial charge is 0.275 e. The Morgan fingerprint density at radius 2 is 1.86 bits per heavy atom. The van der Waals surface area contributed by atoms with Crippen molar-refractivity contribution in [1.82, 2.24) is 15.1 Å². The summed E-state index contributed by atoms with van der Waals surface area (Å²) in [4.78, 5) is 24.7. The lowest BCUT2D eigenvalue weighted by Crippen LogP contribution is -2.33. The summed E-state index contributed by atoms with van der Waals surface area (Å²) in [6.45, 7) is 0.0850. The molecule has 6 nitrogen and oxygen atoms in total. The number of rotatable bonds is 5. The normalized spacial score (nSPS) is 10.9. The Hall–Kier alpha value is -3.19. The molecule has 0 spiro atoms. The maximum absolute atomic E-state index is 12.4. The third kappa shape index (κ3) is 3.89. The highest BCUT2D eigenvalue weighted by atomic mass is 79.9. The van der Waals surface area contributed by atoms with Crippen molar-refractivity contribution < 1.29 is 9.21 Å². The highest BCUT2D eigenvalue weighted by Crippen LogP contribution is 2.23. The van der Waals surface area contributed by atoms with Gasteiger partial charge in [-0.3, -0.25) is 9.59 Å². The first-order chi connectivity index (χ1) is 13.6. The van der Waals surface area contributed by atoms with E-state index >= 15 is 0 Å². The molecule has 0 aliphatic carbocycles. The van der Waals surface area contributed by atoms with Crippen molar-refractivity contribution >= 4 is 32.6 Å². The molecule has 7 heteroatoms. The van der Waals surface area contributed by atoms with E-state index in [1.54, 1.807) is 18.3 Å².